The number of rotatable bonds is 7. The molecule has 2 aliphatic rings. The summed E-state index contributed by atoms with van der Waals surface area (Å²) in [6.07, 6.45) is -9.30. The van der Waals surface area contributed by atoms with Gasteiger partial charge in [0.1, 0.15) is 19.3 Å². The van der Waals surface area contributed by atoms with Gasteiger partial charge in [0.2, 0.25) is 0 Å². The highest BCUT2D eigenvalue weighted by Gasteiger charge is 2.76. The summed E-state index contributed by atoms with van der Waals surface area (Å²) in [5.41, 5.74) is -6.02. The maximum absolute atomic E-state index is 13.5. The Balaban J connectivity index is 1.92. The third-order valence-corrected chi connectivity index (χ3v) is 7.27. The van der Waals surface area contributed by atoms with E-state index in [-0.39, 0.29) is 18.0 Å². The van der Waals surface area contributed by atoms with Crippen molar-refractivity contribution >= 4 is 29.9 Å². The lowest BCUT2D eigenvalue weighted by molar-refractivity contribution is -0.356. The van der Waals surface area contributed by atoms with E-state index in [0.29, 0.717) is 17.9 Å². The highest BCUT2D eigenvalue weighted by molar-refractivity contribution is 7.85. The predicted octanol–water partition coefficient (Wildman–Crippen LogP) is 3.07. The second kappa shape index (κ2) is 9.30. The molecule has 3 unspecified atom stereocenters. The van der Waals surface area contributed by atoms with E-state index in [2.05, 4.69) is 4.74 Å². The molecule has 7 nitrogen and oxygen atoms in total. The molecule has 1 aromatic rings. The summed E-state index contributed by atoms with van der Waals surface area (Å²) in [6.45, 7) is 0. The zero-order valence-electron chi connectivity index (χ0n) is 18.3. The van der Waals surface area contributed by atoms with Gasteiger partial charge >= 0.3 is 29.9 Å². The number of esters is 2. The van der Waals surface area contributed by atoms with E-state index in [0.717, 1.165) is 31.4 Å². The van der Waals surface area contributed by atoms with E-state index < -0.39 is 57.2 Å². The topological polar surface area (TPSA) is 107 Å². The van der Waals surface area contributed by atoms with Gasteiger partial charge in [0.05, 0.1) is 11.5 Å². The lowest BCUT2D eigenvalue weighted by Crippen LogP contribution is -2.63. The fourth-order valence-corrected chi connectivity index (χ4v) is 5.63. The molecular weight excluding hydrogens is 509 g/mol. The molecule has 3 rings (SSSR count). The molecule has 0 radical (unpaired) electrons. The van der Waals surface area contributed by atoms with Gasteiger partial charge in [0.15, 0.2) is 0 Å². The first-order valence-corrected chi connectivity index (χ1v) is 12.2. The first-order chi connectivity index (χ1) is 16.0. The van der Waals surface area contributed by atoms with E-state index in [1.165, 1.54) is 6.07 Å². The molecule has 0 aliphatic heterocycles. The maximum atomic E-state index is 13.5. The molecule has 0 heterocycles. The molecule has 3 atom stereocenters. The lowest BCUT2D eigenvalue weighted by Gasteiger charge is -2.35. The normalized spacial score (nSPS) is 22.8. The summed E-state index contributed by atoms with van der Waals surface area (Å²) in [6, 6.07) is 2.81. The van der Waals surface area contributed by atoms with Crippen LogP contribution in [0.15, 0.2) is 18.2 Å². The molecule has 0 saturated heterocycles. The number of halogens is 6. The van der Waals surface area contributed by atoms with Crippen molar-refractivity contribution in [2.24, 2.45) is 17.8 Å². The van der Waals surface area contributed by atoms with Crippen molar-refractivity contribution in [2.75, 3.05) is 5.75 Å². The van der Waals surface area contributed by atoms with Crippen LogP contribution < -0.4 is 4.74 Å². The minimum atomic E-state index is -6.45. The van der Waals surface area contributed by atoms with Gasteiger partial charge in [0.25, 0.3) is 10.1 Å². The minimum Gasteiger partial charge on any atom is -0.435 e. The summed E-state index contributed by atoms with van der Waals surface area (Å²) in [4.78, 5) is 25.1. The van der Waals surface area contributed by atoms with E-state index in [9.17, 15) is 44.3 Å². The number of ether oxygens (including phenoxy) is 2. The molecule has 0 aromatic heterocycles. The van der Waals surface area contributed by atoms with Crippen molar-refractivity contribution in [3.8, 4) is 5.75 Å². The number of hydrogen-bond acceptors (Lipinski definition) is 6. The fourth-order valence-electron chi connectivity index (χ4n) is 4.73. The molecule has 2 fully saturated rings. The van der Waals surface area contributed by atoms with E-state index in [1.54, 1.807) is 7.85 Å². The summed E-state index contributed by atoms with van der Waals surface area (Å²) < 4.78 is 121. The average molecular weight is 530 g/mol. The minimum absolute atomic E-state index is 0.130. The lowest BCUT2D eigenvalue weighted by atomic mass is 9.89. The Kier molecular flexibility index (Phi) is 7.26. The molecule has 1 aromatic carbocycles. The summed E-state index contributed by atoms with van der Waals surface area (Å²) >= 11 is 0. The highest BCUT2D eigenvalue weighted by atomic mass is 32.2. The molecule has 2 saturated carbocycles. The zero-order valence-corrected chi connectivity index (χ0v) is 19.1. The Morgan fingerprint density at radius 2 is 1.69 bits per heavy atom. The number of alkyl halides is 6. The number of fused-ring (bicyclic) bond motifs is 2. The van der Waals surface area contributed by atoms with Crippen molar-refractivity contribution in [2.45, 2.75) is 50.0 Å². The van der Waals surface area contributed by atoms with Crippen LogP contribution in [-0.4, -0.2) is 56.5 Å². The van der Waals surface area contributed by atoms with Crippen LogP contribution in [0.4, 0.5) is 26.3 Å². The molecule has 2 aliphatic carbocycles. The molecule has 194 valence electrons. The van der Waals surface area contributed by atoms with Gasteiger partial charge in [-0.05, 0) is 48.8 Å². The largest absolute Gasteiger partial charge is 0.438 e. The van der Waals surface area contributed by atoms with Crippen LogP contribution in [0.2, 0.25) is 0 Å². The van der Waals surface area contributed by atoms with Gasteiger partial charge in [-0.25, -0.2) is 4.79 Å². The van der Waals surface area contributed by atoms with Gasteiger partial charge < -0.3 is 9.47 Å². The van der Waals surface area contributed by atoms with E-state index >= 15 is 0 Å². The van der Waals surface area contributed by atoms with Gasteiger partial charge in [-0.15, -0.1) is 0 Å². The van der Waals surface area contributed by atoms with Crippen LogP contribution in [0.1, 0.15) is 41.6 Å². The molecule has 0 amide bonds. The van der Waals surface area contributed by atoms with Gasteiger partial charge in [0, 0.05) is 0 Å². The van der Waals surface area contributed by atoms with Crippen LogP contribution >= 0.6 is 0 Å². The van der Waals surface area contributed by atoms with Crippen LogP contribution in [-0.2, 0) is 26.0 Å². The monoisotopic (exact) mass is 530 g/mol. The van der Waals surface area contributed by atoms with E-state index in [4.69, 9.17) is 9.29 Å². The molecule has 1 N–H and O–H groups in total. The zero-order chi connectivity index (χ0) is 26.4. The smallest absolute Gasteiger partial charge is 0.435 e. The molecule has 35 heavy (non-hydrogen) atoms. The summed E-state index contributed by atoms with van der Waals surface area (Å²) in [5.74, 6) is -5.87. The van der Waals surface area contributed by atoms with Crippen molar-refractivity contribution in [1.29, 1.82) is 0 Å². The van der Waals surface area contributed by atoms with Gasteiger partial charge in [-0.2, -0.15) is 34.8 Å². The molecule has 0 spiro atoms. The third-order valence-electron chi connectivity index (χ3n) is 6.50. The standard InChI is InChI=1S/C20H21BF6O7S/c21-8-13-4-3-12(7-15(13)33-17(29)14-6-10-1-2-11(14)5-10)16(28)34-18(19(22,23)24,20(25,26)27)9-35(30,31)32/h3-4,7,10-11,14H,1-2,5-6,8-9,21H2,(H,30,31,32). The summed E-state index contributed by atoms with van der Waals surface area (Å²) in [7, 11) is -4.27. The fraction of sp³-hybridized carbons (Fsp3) is 0.600. The first-order valence-electron chi connectivity index (χ1n) is 10.6. The number of benzene rings is 1. The first kappa shape index (κ1) is 27.3. The van der Waals surface area contributed by atoms with Crippen LogP contribution in [0.3, 0.4) is 0 Å². The quantitative estimate of drug-likeness (QED) is 0.190. The average Bonchev–Trinajstić information content (AvgIpc) is 3.34. The molecular formula is C20H21BF6O7S. The van der Waals surface area contributed by atoms with Crippen LogP contribution in [0, 0.1) is 17.8 Å². The number of hydrogen-bond donors (Lipinski definition) is 1. The third kappa shape index (κ3) is 5.60. The van der Waals surface area contributed by atoms with Gasteiger partial charge in [-0.1, -0.05) is 18.8 Å². The van der Waals surface area contributed by atoms with E-state index in [1.807, 2.05) is 0 Å². The highest BCUT2D eigenvalue weighted by Crippen LogP contribution is 2.49. The Morgan fingerprint density at radius 3 is 2.14 bits per heavy atom. The van der Waals surface area contributed by atoms with Crippen LogP contribution in [0.5, 0.6) is 5.75 Å². The predicted molar refractivity (Wildman–Crippen MR) is 110 cm³/mol. The second-order valence-electron chi connectivity index (χ2n) is 8.82. The van der Waals surface area contributed by atoms with Crippen molar-refractivity contribution in [3.63, 3.8) is 0 Å². The van der Waals surface area contributed by atoms with Crippen molar-refractivity contribution < 1.29 is 58.4 Å². The Morgan fingerprint density at radius 1 is 1.06 bits per heavy atom. The van der Waals surface area contributed by atoms with Crippen molar-refractivity contribution in [3.05, 3.63) is 29.3 Å². The van der Waals surface area contributed by atoms with Crippen LogP contribution in [0.25, 0.3) is 0 Å². The SMILES string of the molecule is BCc1ccc(C(=O)OC(CS(=O)(=O)O)(C(F)(F)F)C(F)(F)F)cc1OC(=O)C1CC2CCC1C2. The van der Waals surface area contributed by atoms with Gasteiger partial charge in [-0.3, -0.25) is 9.35 Å². The Bertz CT molecular complexity index is 1090. The number of carbonyl (C=O) groups is 2. The maximum Gasteiger partial charge on any atom is 0.438 e. The summed E-state index contributed by atoms with van der Waals surface area (Å²) in [5, 5.41) is 0. The second-order valence-corrected chi connectivity index (χ2v) is 10.3. The Hall–Kier alpha value is -2.29. The number of carbonyl (C=O) groups excluding carboxylic acids is 2. The molecule has 2 bridgehead atoms. The molecule has 15 heteroatoms. The Labute approximate surface area is 197 Å². The van der Waals surface area contributed by atoms with Crippen molar-refractivity contribution in [1.82, 2.24) is 0 Å².